The van der Waals surface area contributed by atoms with Crippen LogP contribution in [0, 0.1) is 5.41 Å². The molecule has 0 aliphatic heterocycles. The third-order valence-corrected chi connectivity index (χ3v) is 5.01. The molecule has 0 aromatic heterocycles. The summed E-state index contributed by atoms with van der Waals surface area (Å²) in [5, 5.41) is 13.4. The highest BCUT2D eigenvalue weighted by Gasteiger charge is 2.17. The van der Waals surface area contributed by atoms with Crippen molar-refractivity contribution >= 4 is 17.4 Å². The van der Waals surface area contributed by atoms with Crippen LogP contribution in [0.4, 0.5) is 5.69 Å². The number of rotatable bonds is 6. The number of hydrogen-bond acceptors (Lipinski definition) is 3. The molecule has 0 amide bonds. The summed E-state index contributed by atoms with van der Waals surface area (Å²) < 4.78 is 0. The fourth-order valence-corrected chi connectivity index (χ4v) is 3.49. The van der Waals surface area contributed by atoms with Gasteiger partial charge in [-0.3, -0.25) is 0 Å². The lowest BCUT2D eigenvalue weighted by atomic mass is 9.95. The largest absolute Gasteiger partial charge is 0.396 e. The number of aliphatic hydroxyl groups is 1. The highest BCUT2D eigenvalue weighted by atomic mass is 32.2. The molecule has 0 saturated heterocycles. The van der Waals surface area contributed by atoms with E-state index >= 15 is 0 Å². The van der Waals surface area contributed by atoms with Gasteiger partial charge in [-0.1, -0.05) is 26.7 Å². The fraction of sp³-hybridized carbons (Fsp3) is 0.625. The van der Waals surface area contributed by atoms with Crippen LogP contribution in [0.25, 0.3) is 0 Å². The van der Waals surface area contributed by atoms with E-state index in [2.05, 4.69) is 43.4 Å². The van der Waals surface area contributed by atoms with E-state index in [9.17, 15) is 5.11 Å². The zero-order valence-electron chi connectivity index (χ0n) is 12.0. The second-order valence-electron chi connectivity index (χ2n) is 6.22. The number of anilines is 1. The minimum Gasteiger partial charge on any atom is -0.396 e. The molecule has 0 unspecified atom stereocenters. The van der Waals surface area contributed by atoms with Crippen LogP contribution >= 0.6 is 11.8 Å². The Morgan fingerprint density at radius 2 is 1.84 bits per heavy atom. The smallest absolute Gasteiger partial charge is 0.0498 e. The van der Waals surface area contributed by atoms with Crippen LogP contribution in [0.15, 0.2) is 29.2 Å². The van der Waals surface area contributed by atoms with Crippen molar-refractivity contribution in [2.45, 2.75) is 49.7 Å². The first kappa shape index (κ1) is 14.7. The first-order valence-corrected chi connectivity index (χ1v) is 8.08. The summed E-state index contributed by atoms with van der Waals surface area (Å²) in [5.74, 6) is 0. The quantitative estimate of drug-likeness (QED) is 0.820. The Morgan fingerprint density at radius 1 is 1.21 bits per heavy atom. The zero-order chi connectivity index (χ0) is 13.7. The Kier molecular flexibility index (Phi) is 5.17. The van der Waals surface area contributed by atoms with Crippen molar-refractivity contribution in [1.29, 1.82) is 0 Å². The molecule has 2 rings (SSSR count). The summed E-state index contributed by atoms with van der Waals surface area (Å²) in [5.41, 5.74) is 1.06. The van der Waals surface area contributed by atoms with Crippen molar-refractivity contribution in [3.63, 3.8) is 0 Å². The second kappa shape index (κ2) is 6.67. The standard InChI is InChI=1S/C16H25NOS/c1-16(2,12-18)11-17-13-7-9-15(10-8-13)19-14-5-3-4-6-14/h7-10,14,17-18H,3-6,11-12H2,1-2H3. The third kappa shape index (κ3) is 4.73. The SMILES string of the molecule is CC(C)(CO)CNc1ccc(SC2CCCC2)cc1. The molecule has 1 saturated carbocycles. The summed E-state index contributed by atoms with van der Waals surface area (Å²) in [6.07, 6.45) is 5.53. The topological polar surface area (TPSA) is 32.3 Å². The summed E-state index contributed by atoms with van der Waals surface area (Å²) in [6, 6.07) is 8.70. The van der Waals surface area contributed by atoms with Gasteiger partial charge in [0.1, 0.15) is 0 Å². The molecular formula is C16H25NOS. The van der Waals surface area contributed by atoms with Gasteiger partial charge in [-0.25, -0.2) is 0 Å². The molecule has 19 heavy (non-hydrogen) atoms. The van der Waals surface area contributed by atoms with Crippen LogP contribution in [-0.4, -0.2) is 23.5 Å². The lowest BCUT2D eigenvalue weighted by Gasteiger charge is -2.22. The molecule has 2 N–H and O–H groups in total. The van der Waals surface area contributed by atoms with Gasteiger partial charge in [0.2, 0.25) is 0 Å². The normalized spacial score (nSPS) is 16.8. The molecular weight excluding hydrogens is 254 g/mol. The monoisotopic (exact) mass is 279 g/mol. The van der Waals surface area contributed by atoms with Gasteiger partial charge in [-0.2, -0.15) is 0 Å². The zero-order valence-corrected chi connectivity index (χ0v) is 12.8. The van der Waals surface area contributed by atoms with E-state index in [-0.39, 0.29) is 12.0 Å². The highest BCUT2D eigenvalue weighted by Crippen LogP contribution is 2.35. The Bertz CT molecular complexity index is 382. The molecule has 0 atom stereocenters. The number of aliphatic hydroxyl groups excluding tert-OH is 1. The van der Waals surface area contributed by atoms with Gasteiger partial charge in [-0.05, 0) is 37.1 Å². The van der Waals surface area contributed by atoms with Crippen LogP contribution in [0.3, 0.4) is 0 Å². The van der Waals surface area contributed by atoms with Gasteiger partial charge in [0.05, 0.1) is 0 Å². The molecule has 0 bridgehead atoms. The van der Waals surface area contributed by atoms with Crippen LogP contribution in [0.2, 0.25) is 0 Å². The first-order valence-electron chi connectivity index (χ1n) is 7.20. The lowest BCUT2D eigenvalue weighted by molar-refractivity contribution is 0.171. The highest BCUT2D eigenvalue weighted by molar-refractivity contribution is 8.00. The molecule has 0 radical (unpaired) electrons. The molecule has 0 heterocycles. The van der Waals surface area contributed by atoms with Crippen LogP contribution < -0.4 is 5.32 Å². The minimum atomic E-state index is -0.0722. The summed E-state index contributed by atoms with van der Waals surface area (Å²) in [7, 11) is 0. The molecule has 1 aromatic carbocycles. The Morgan fingerprint density at radius 3 is 2.42 bits per heavy atom. The van der Waals surface area contributed by atoms with Gasteiger partial charge >= 0.3 is 0 Å². The van der Waals surface area contributed by atoms with Crippen LogP contribution in [-0.2, 0) is 0 Å². The molecule has 106 valence electrons. The Hall–Kier alpha value is -0.670. The Balaban J connectivity index is 1.84. The average molecular weight is 279 g/mol. The van der Waals surface area contributed by atoms with Crippen molar-refractivity contribution in [3.8, 4) is 0 Å². The van der Waals surface area contributed by atoms with Crippen LogP contribution in [0.5, 0.6) is 0 Å². The van der Waals surface area contributed by atoms with E-state index in [1.165, 1.54) is 30.6 Å². The van der Waals surface area contributed by atoms with Crippen molar-refractivity contribution in [3.05, 3.63) is 24.3 Å². The molecule has 1 aliphatic rings. The van der Waals surface area contributed by atoms with Gasteiger partial charge in [-0.15, -0.1) is 11.8 Å². The van der Waals surface area contributed by atoms with Gasteiger partial charge in [0.15, 0.2) is 0 Å². The molecule has 2 nitrogen and oxygen atoms in total. The minimum absolute atomic E-state index is 0.0722. The van der Waals surface area contributed by atoms with E-state index < -0.39 is 0 Å². The van der Waals surface area contributed by atoms with Gasteiger partial charge in [0, 0.05) is 34.4 Å². The van der Waals surface area contributed by atoms with Crippen molar-refractivity contribution < 1.29 is 5.11 Å². The van der Waals surface area contributed by atoms with Crippen molar-refractivity contribution in [1.82, 2.24) is 0 Å². The maximum absolute atomic E-state index is 9.23. The van der Waals surface area contributed by atoms with Gasteiger partial charge < -0.3 is 10.4 Å². The number of hydrogen-bond donors (Lipinski definition) is 2. The summed E-state index contributed by atoms with van der Waals surface area (Å²) in [6.45, 7) is 5.11. The molecule has 3 heteroatoms. The molecule has 1 aromatic rings. The predicted octanol–water partition coefficient (Wildman–Crippen LogP) is 4.15. The van der Waals surface area contributed by atoms with E-state index in [4.69, 9.17) is 0 Å². The summed E-state index contributed by atoms with van der Waals surface area (Å²) >= 11 is 2.02. The van der Waals surface area contributed by atoms with Crippen molar-refractivity contribution in [2.75, 3.05) is 18.5 Å². The lowest BCUT2D eigenvalue weighted by Crippen LogP contribution is -2.26. The Labute approximate surface area is 121 Å². The average Bonchev–Trinajstić information content (AvgIpc) is 2.91. The van der Waals surface area contributed by atoms with E-state index in [1.54, 1.807) is 0 Å². The van der Waals surface area contributed by atoms with Gasteiger partial charge in [0.25, 0.3) is 0 Å². The van der Waals surface area contributed by atoms with E-state index in [0.29, 0.717) is 0 Å². The molecule has 1 fully saturated rings. The van der Waals surface area contributed by atoms with Crippen LogP contribution in [0.1, 0.15) is 39.5 Å². The van der Waals surface area contributed by atoms with E-state index in [0.717, 1.165) is 17.5 Å². The van der Waals surface area contributed by atoms with Crippen molar-refractivity contribution in [2.24, 2.45) is 5.41 Å². The third-order valence-electron chi connectivity index (χ3n) is 3.66. The number of benzene rings is 1. The van der Waals surface area contributed by atoms with E-state index in [1.807, 2.05) is 11.8 Å². The maximum Gasteiger partial charge on any atom is 0.0498 e. The molecule has 1 aliphatic carbocycles. The number of nitrogens with one attached hydrogen (secondary N) is 1. The first-order chi connectivity index (χ1) is 9.09. The second-order valence-corrected chi connectivity index (χ2v) is 7.60. The maximum atomic E-state index is 9.23. The number of thioether (sulfide) groups is 1. The predicted molar refractivity (Wildman–Crippen MR) is 83.9 cm³/mol. The molecule has 0 spiro atoms. The summed E-state index contributed by atoms with van der Waals surface area (Å²) in [4.78, 5) is 1.37. The fourth-order valence-electron chi connectivity index (χ4n) is 2.25.